The van der Waals surface area contributed by atoms with Gasteiger partial charge in [0.1, 0.15) is 17.6 Å². The lowest BCUT2D eigenvalue weighted by Crippen LogP contribution is -2.39. The van der Waals surface area contributed by atoms with Crippen molar-refractivity contribution >= 4 is 30.4 Å². The first-order valence-electron chi connectivity index (χ1n) is 9.40. The molecule has 0 radical (unpaired) electrons. The summed E-state index contributed by atoms with van der Waals surface area (Å²) in [6.45, 7) is 4.70. The number of amides is 2. The van der Waals surface area contributed by atoms with Crippen molar-refractivity contribution in [2.45, 2.75) is 45.3 Å². The summed E-state index contributed by atoms with van der Waals surface area (Å²) in [7, 11) is 2.89. The van der Waals surface area contributed by atoms with Crippen molar-refractivity contribution in [3.8, 4) is 5.75 Å². The molecule has 1 N–H and O–H groups in total. The summed E-state index contributed by atoms with van der Waals surface area (Å²) in [5.74, 6) is -1.42. The van der Waals surface area contributed by atoms with Gasteiger partial charge in [0.2, 0.25) is 5.91 Å². The molecule has 9 heteroatoms. The van der Waals surface area contributed by atoms with Gasteiger partial charge in [0.25, 0.3) is 5.91 Å². The molecule has 1 aromatic rings. The molecule has 0 aliphatic carbocycles. The molecule has 0 saturated heterocycles. The monoisotopic (exact) mass is 420 g/mol. The summed E-state index contributed by atoms with van der Waals surface area (Å²) < 4.78 is 10.5. The molecule has 1 aromatic carbocycles. The Labute approximate surface area is 175 Å². The number of likely N-dealkylation sites (N-methyl/N-ethyl adjacent to an activating group) is 1. The van der Waals surface area contributed by atoms with Crippen LogP contribution in [-0.4, -0.2) is 67.6 Å². The maximum Gasteiger partial charge on any atom is 0.344 e. The number of rotatable bonds is 10. The predicted molar refractivity (Wildman–Crippen MR) is 108 cm³/mol. The second kappa shape index (κ2) is 11.1. The highest BCUT2D eigenvalue weighted by molar-refractivity contribution is 6.03. The summed E-state index contributed by atoms with van der Waals surface area (Å²) in [6.07, 6.45) is 1.23. The first-order chi connectivity index (χ1) is 14.0. The van der Waals surface area contributed by atoms with Gasteiger partial charge in [-0.15, -0.1) is 0 Å². The first kappa shape index (κ1) is 24.8. The fourth-order valence-corrected chi connectivity index (χ4v) is 2.58. The van der Waals surface area contributed by atoms with Gasteiger partial charge in [-0.2, -0.15) is 0 Å². The molecule has 2 amide bonds. The number of carbonyl (C=O) groups is 5. The highest BCUT2D eigenvalue weighted by Gasteiger charge is 2.25. The van der Waals surface area contributed by atoms with Crippen molar-refractivity contribution in [1.29, 1.82) is 0 Å². The number of hydrogen-bond donors (Lipinski definition) is 1. The number of aldehydes is 2. The van der Waals surface area contributed by atoms with Crippen molar-refractivity contribution in [2.75, 3.05) is 20.7 Å². The van der Waals surface area contributed by atoms with E-state index >= 15 is 0 Å². The Morgan fingerprint density at radius 1 is 1.20 bits per heavy atom. The van der Waals surface area contributed by atoms with Crippen LogP contribution < -0.4 is 10.1 Å². The third-order valence-corrected chi connectivity index (χ3v) is 4.10. The Morgan fingerprint density at radius 3 is 2.40 bits per heavy atom. The van der Waals surface area contributed by atoms with Gasteiger partial charge in [-0.3, -0.25) is 14.4 Å². The number of ether oxygens (including phenoxy) is 2. The molecular weight excluding hydrogens is 392 g/mol. The standard InChI is InChI=1S/C21H28N2O7/c1-21(2,3)30-19(27)13-29-17-8-6-7-15(16(17)12-25)20(28)23(5)14(11-24)9-10-18(26)22-4/h6-8,11-12,14H,9-10,13H2,1-5H3,(H,22,26). The Hall–Kier alpha value is -3.23. The lowest BCUT2D eigenvalue weighted by molar-refractivity contribution is -0.157. The summed E-state index contributed by atoms with van der Waals surface area (Å²) in [5, 5.41) is 2.45. The second-order valence-corrected chi connectivity index (χ2v) is 7.54. The SMILES string of the molecule is CNC(=O)CCC(C=O)N(C)C(=O)c1cccc(OCC(=O)OC(C)(C)C)c1C=O. The van der Waals surface area contributed by atoms with E-state index in [1.165, 1.54) is 32.3 Å². The molecule has 0 heterocycles. The largest absolute Gasteiger partial charge is 0.481 e. The van der Waals surface area contributed by atoms with Crippen LogP contribution in [-0.2, 0) is 19.1 Å². The van der Waals surface area contributed by atoms with E-state index in [0.29, 0.717) is 12.6 Å². The molecule has 164 valence electrons. The second-order valence-electron chi connectivity index (χ2n) is 7.54. The van der Waals surface area contributed by atoms with Gasteiger partial charge in [-0.25, -0.2) is 4.79 Å². The number of hydrogen-bond acceptors (Lipinski definition) is 7. The van der Waals surface area contributed by atoms with Crippen LogP contribution in [0.5, 0.6) is 5.75 Å². The first-order valence-corrected chi connectivity index (χ1v) is 9.40. The topological polar surface area (TPSA) is 119 Å². The lowest BCUT2D eigenvalue weighted by atomic mass is 10.0. The van der Waals surface area contributed by atoms with Crippen molar-refractivity contribution in [3.63, 3.8) is 0 Å². The van der Waals surface area contributed by atoms with Crippen LogP contribution in [0.25, 0.3) is 0 Å². The van der Waals surface area contributed by atoms with E-state index in [2.05, 4.69) is 5.32 Å². The maximum atomic E-state index is 12.9. The van der Waals surface area contributed by atoms with Crippen LogP contribution in [0.1, 0.15) is 54.3 Å². The van der Waals surface area contributed by atoms with Crippen LogP contribution in [0.3, 0.4) is 0 Å². The normalized spacial score (nSPS) is 11.8. The predicted octanol–water partition coefficient (Wildman–Crippen LogP) is 1.39. The average Bonchev–Trinajstić information content (AvgIpc) is 2.69. The highest BCUT2D eigenvalue weighted by Crippen LogP contribution is 2.23. The Morgan fingerprint density at radius 2 is 1.87 bits per heavy atom. The third kappa shape index (κ3) is 7.31. The fraction of sp³-hybridized carbons (Fsp3) is 0.476. The van der Waals surface area contributed by atoms with Gasteiger partial charge in [0.15, 0.2) is 12.9 Å². The summed E-state index contributed by atoms with van der Waals surface area (Å²) in [5.41, 5.74) is -0.720. The maximum absolute atomic E-state index is 12.9. The van der Waals surface area contributed by atoms with E-state index in [1.807, 2.05) is 0 Å². The molecular formula is C21H28N2O7. The molecule has 0 aromatic heterocycles. The zero-order valence-electron chi connectivity index (χ0n) is 17.9. The molecule has 0 spiro atoms. The van der Waals surface area contributed by atoms with Crippen molar-refractivity contribution in [1.82, 2.24) is 10.2 Å². The zero-order chi connectivity index (χ0) is 22.9. The van der Waals surface area contributed by atoms with Gasteiger partial charge in [0.05, 0.1) is 17.2 Å². The minimum atomic E-state index is -0.847. The van der Waals surface area contributed by atoms with E-state index in [0.717, 1.165) is 4.90 Å². The lowest BCUT2D eigenvalue weighted by Gasteiger charge is -2.24. The van der Waals surface area contributed by atoms with Gasteiger partial charge >= 0.3 is 5.97 Å². The third-order valence-electron chi connectivity index (χ3n) is 4.10. The van der Waals surface area contributed by atoms with Gasteiger partial charge in [-0.05, 0) is 39.3 Å². The summed E-state index contributed by atoms with van der Waals surface area (Å²) in [6, 6.07) is 3.52. The molecule has 0 aliphatic rings. The number of benzene rings is 1. The Balaban J connectivity index is 3.00. The minimum Gasteiger partial charge on any atom is -0.481 e. The summed E-state index contributed by atoms with van der Waals surface area (Å²) >= 11 is 0. The highest BCUT2D eigenvalue weighted by atomic mass is 16.6. The van der Waals surface area contributed by atoms with E-state index in [4.69, 9.17) is 9.47 Å². The molecule has 0 fully saturated rings. The molecule has 9 nitrogen and oxygen atoms in total. The van der Waals surface area contributed by atoms with Gasteiger partial charge < -0.3 is 24.5 Å². The molecule has 1 atom stereocenters. The fourth-order valence-electron chi connectivity index (χ4n) is 2.58. The van der Waals surface area contributed by atoms with Crippen molar-refractivity contribution < 1.29 is 33.4 Å². The Bertz CT molecular complexity index is 799. The van der Waals surface area contributed by atoms with Crippen LogP contribution in [0.15, 0.2) is 18.2 Å². The van der Waals surface area contributed by atoms with Crippen LogP contribution >= 0.6 is 0 Å². The minimum absolute atomic E-state index is 0.0148. The number of esters is 1. The van der Waals surface area contributed by atoms with Crippen molar-refractivity contribution in [2.24, 2.45) is 0 Å². The molecule has 1 unspecified atom stereocenters. The molecule has 1 rings (SSSR count). The average molecular weight is 420 g/mol. The number of nitrogens with zero attached hydrogens (tertiary/aromatic N) is 1. The molecule has 0 saturated carbocycles. The van der Waals surface area contributed by atoms with Crippen LogP contribution in [0.4, 0.5) is 0 Å². The Kier molecular flexibility index (Phi) is 9.16. The van der Waals surface area contributed by atoms with Gasteiger partial charge in [0, 0.05) is 20.5 Å². The van der Waals surface area contributed by atoms with Gasteiger partial charge in [-0.1, -0.05) is 6.07 Å². The van der Waals surface area contributed by atoms with E-state index in [1.54, 1.807) is 20.8 Å². The van der Waals surface area contributed by atoms with E-state index < -0.39 is 30.1 Å². The van der Waals surface area contributed by atoms with Crippen LogP contribution in [0.2, 0.25) is 0 Å². The number of carbonyl (C=O) groups excluding carboxylic acids is 5. The number of nitrogens with one attached hydrogen (secondary N) is 1. The quantitative estimate of drug-likeness (QED) is 0.449. The molecule has 0 aliphatic heterocycles. The van der Waals surface area contributed by atoms with Crippen LogP contribution in [0, 0.1) is 0 Å². The van der Waals surface area contributed by atoms with E-state index in [9.17, 15) is 24.0 Å². The van der Waals surface area contributed by atoms with Crippen molar-refractivity contribution in [3.05, 3.63) is 29.3 Å². The smallest absolute Gasteiger partial charge is 0.344 e. The molecule has 30 heavy (non-hydrogen) atoms. The molecule has 0 bridgehead atoms. The summed E-state index contributed by atoms with van der Waals surface area (Å²) in [4.78, 5) is 60.4. The zero-order valence-corrected chi connectivity index (χ0v) is 17.9. The van der Waals surface area contributed by atoms with E-state index in [-0.39, 0.29) is 35.6 Å².